The van der Waals surface area contributed by atoms with Crippen LogP contribution in [0.3, 0.4) is 0 Å². The third-order valence-electron chi connectivity index (χ3n) is 2.36. The summed E-state index contributed by atoms with van der Waals surface area (Å²) in [5.41, 5.74) is 7.17. The van der Waals surface area contributed by atoms with Crippen molar-refractivity contribution < 1.29 is 17.9 Å². The minimum Gasteiger partial charge on any atom is -0.351 e. The largest absolute Gasteiger partial charge is 0.351 e. The van der Waals surface area contributed by atoms with Gasteiger partial charge in [0.1, 0.15) is 10.2 Å². The molecule has 0 bridgehead atoms. The summed E-state index contributed by atoms with van der Waals surface area (Å²) >= 11 is 0. The molecule has 0 aliphatic carbocycles. The first kappa shape index (κ1) is 16.7. The van der Waals surface area contributed by atoms with Crippen LogP contribution in [0, 0.1) is 0 Å². The van der Waals surface area contributed by atoms with Crippen molar-refractivity contribution in [3.8, 4) is 0 Å². The highest BCUT2D eigenvalue weighted by atomic mass is 32.2. The van der Waals surface area contributed by atoms with E-state index in [1.165, 1.54) is 18.2 Å². The molecule has 0 aliphatic rings. The molecule has 7 nitrogen and oxygen atoms in total. The van der Waals surface area contributed by atoms with E-state index in [9.17, 15) is 8.42 Å². The van der Waals surface area contributed by atoms with Gasteiger partial charge in [-0.05, 0) is 25.4 Å². The maximum absolute atomic E-state index is 12.0. The van der Waals surface area contributed by atoms with Gasteiger partial charge in [0, 0.05) is 28.2 Å². The normalized spacial score (nSPS) is 11.9. The van der Waals surface area contributed by atoms with Crippen molar-refractivity contribution in [2.75, 3.05) is 13.2 Å². The van der Waals surface area contributed by atoms with Gasteiger partial charge < -0.3 is 9.47 Å². The Hall–Kier alpha value is -1.38. The molecule has 0 atom stereocenters. The lowest BCUT2D eigenvalue weighted by molar-refractivity contribution is -0.181. The van der Waals surface area contributed by atoms with Crippen LogP contribution in [0.2, 0.25) is 0 Å². The molecular formula is C11H14N3O4SSi. The van der Waals surface area contributed by atoms with Crippen LogP contribution in [-0.2, 0) is 24.9 Å². The number of benzene rings is 1. The van der Waals surface area contributed by atoms with Crippen LogP contribution in [0.4, 0.5) is 0 Å². The number of ether oxygens (including phenoxy) is 2. The fourth-order valence-electron chi connectivity index (χ4n) is 1.66. The van der Waals surface area contributed by atoms with Crippen LogP contribution in [0.15, 0.2) is 33.7 Å². The molecule has 107 valence electrons. The van der Waals surface area contributed by atoms with E-state index < -0.39 is 15.4 Å². The first-order valence-electron chi connectivity index (χ1n) is 5.85. The van der Waals surface area contributed by atoms with Crippen molar-refractivity contribution >= 4 is 20.3 Å². The van der Waals surface area contributed by atoms with E-state index in [0.29, 0.717) is 13.2 Å². The summed E-state index contributed by atoms with van der Waals surface area (Å²) in [6.07, 6.45) is 0. The zero-order valence-electron chi connectivity index (χ0n) is 11.1. The van der Waals surface area contributed by atoms with Gasteiger partial charge in [-0.1, -0.05) is 18.2 Å². The van der Waals surface area contributed by atoms with Crippen LogP contribution in [-0.4, -0.2) is 31.9 Å². The Morgan fingerprint density at radius 1 is 1.30 bits per heavy atom. The lowest BCUT2D eigenvalue weighted by Crippen LogP contribution is -2.35. The fourth-order valence-corrected chi connectivity index (χ4v) is 3.17. The quantitative estimate of drug-likeness (QED) is 0.253. The van der Waals surface area contributed by atoms with Gasteiger partial charge in [0.15, 0.2) is 5.41 Å². The van der Waals surface area contributed by atoms with Gasteiger partial charge in [0.25, 0.3) is 10.0 Å². The Morgan fingerprint density at radius 2 is 1.85 bits per heavy atom. The van der Waals surface area contributed by atoms with Crippen LogP contribution in [0.1, 0.15) is 19.4 Å². The minimum atomic E-state index is -4.14. The second-order valence-electron chi connectivity index (χ2n) is 3.62. The number of hydrogen-bond acceptors (Lipinski definition) is 4. The third kappa shape index (κ3) is 3.59. The Bertz CT molecular complexity index is 608. The number of hydrogen-bond donors (Lipinski definition) is 0. The topological polar surface area (TPSA) is 101 Å². The van der Waals surface area contributed by atoms with Crippen molar-refractivity contribution in [3.63, 3.8) is 0 Å². The highest BCUT2D eigenvalue weighted by Crippen LogP contribution is 2.30. The Morgan fingerprint density at radius 3 is 2.35 bits per heavy atom. The summed E-state index contributed by atoms with van der Waals surface area (Å²) in [4.78, 5) is 2.17. The zero-order chi connectivity index (χ0) is 15.2. The molecule has 1 rings (SSSR count). The van der Waals surface area contributed by atoms with E-state index >= 15 is 0 Å². The van der Waals surface area contributed by atoms with E-state index in [1.54, 1.807) is 19.9 Å². The molecule has 0 saturated carbocycles. The summed E-state index contributed by atoms with van der Waals surface area (Å²) in [7, 11) is -0.818. The average molecular weight is 312 g/mol. The van der Waals surface area contributed by atoms with Gasteiger partial charge in [-0.3, -0.25) is 0 Å². The molecule has 0 unspecified atom stereocenters. The molecule has 20 heavy (non-hydrogen) atoms. The van der Waals surface area contributed by atoms with E-state index in [0.717, 1.165) is 0 Å². The van der Waals surface area contributed by atoms with Gasteiger partial charge in [-0.25, -0.2) is 8.42 Å². The Labute approximate surface area is 121 Å². The Balaban J connectivity index is 3.49. The molecular weight excluding hydrogens is 298 g/mol. The molecule has 3 radical (unpaired) electrons. The van der Waals surface area contributed by atoms with Crippen molar-refractivity contribution in [2.45, 2.75) is 24.2 Å². The number of sulfonamides is 1. The summed E-state index contributed by atoms with van der Waals surface area (Å²) < 4.78 is 37.7. The van der Waals surface area contributed by atoms with Crippen LogP contribution >= 0.6 is 0 Å². The van der Waals surface area contributed by atoms with E-state index in [4.69, 9.17) is 15.0 Å². The molecule has 0 spiro atoms. The van der Waals surface area contributed by atoms with Crippen molar-refractivity contribution in [3.05, 3.63) is 40.3 Å². The highest BCUT2D eigenvalue weighted by Gasteiger charge is 2.33. The first-order chi connectivity index (χ1) is 9.41. The van der Waals surface area contributed by atoms with Crippen LogP contribution < -0.4 is 0 Å². The summed E-state index contributed by atoms with van der Waals surface area (Å²) in [6, 6.07) is 6.01. The van der Waals surface area contributed by atoms with Crippen molar-refractivity contribution in [2.24, 2.45) is 4.52 Å². The molecule has 1 aromatic carbocycles. The first-order valence-corrected chi connectivity index (χ1v) is 7.79. The van der Waals surface area contributed by atoms with E-state index in [1.807, 2.05) is 0 Å². The maximum atomic E-state index is 12.0. The monoisotopic (exact) mass is 312 g/mol. The maximum Gasteiger partial charge on any atom is 0.264 e. The number of azide groups is 1. The standard InChI is InChI=1S/C11H14N3O4SSi/c1-3-17-11(20,18-4-2)9-7-5-6-8-10(9)19(15,16)14-13-12/h5-8H,3-4H2,1-2H3. The Kier molecular flexibility index (Phi) is 5.72. The summed E-state index contributed by atoms with van der Waals surface area (Å²) in [5, 5.41) is 0. The smallest absolute Gasteiger partial charge is 0.264 e. The molecule has 0 amide bonds. The SMILES string of the molecule is CCOC([Si])(OCC)c1ccccc1S(=O)(=O)N=[N+]=[N-]. The van der Waals surface area contributed by atoms with Crippen LogP contribution in [0.5, 0.6) is 0 Å². The highest BCUT2D eigenvalue weighted by molar-refractivity contribution is 7.90. The zero-order valence-corrected chi connectivity index (χ0v) is 12.9. The van der Waals surface area contributed by atoms with Crippen molar-refractivity contribution in [1.29, 1.82) is 0 Å². The van der Waals surface area contributed by atoms with Gasteiger partial charge in [-0.15, -0.1) is 0 Å². The molecule has 0 saturated heterocycles. The van der Waals surface area contributed by atoms with Crippen LogP contribution in [0.25, 0.3) is 10.4 Å². The molecule has 9 heteroatoms. The molecule has 0 N–H and O–H groups in total. The lowest BCUT2D eigenvalue weighted by Gasteiger charge is -2.31. The van der Waals surface area contributed by atoms with E-state index in [-0.39, 0.29) is 10.5 Å². The predicted octanol–water partition coefficient (Wildman–Crippen LogP) is 2.04. The third-order valence-corrected chi connectivity index (χ3v) is 4.12. The summed E-state index contributed by atoms with van der Waals surface area (Å²) in [6.45, 7) is 4.08. The second-order valence-corrected chi connectivity index (χ2v) is 5.84. The predicted molar refractivity (Wildman–Crippen MR) is 73.5 cm³/mol. The van der Waals surface area contributed by atoms with Gasteiger partial charge in [0.05, 0.1) is 4.90 Å². The lowest BCUT2D eigenvalue weighted by atomic mass is 10.2. The van der Waals surface area contributed by atoms with Gasteiger partial charge in [0.2, 0.25) is 0 Å². The molecule has 0 aromatic heterocycles. The fraction of sp³-hybridized carbons (Fsp3) is 0.455. The van der Waals surface area contributed by atoms with Gasteiger partial charge in [-0.2, -0.15) is 0 Å². The minimum absolute atomic E-state index is 0.172. The van der Waals surface area contributed by atoms with E-state index in [2.05, 4.69) is 19.7 Å². The molecule has 0 aliphatic heterocycles. The van der Waals surface area contributed by atoms with Crippen molar-refractivity contribution in [1.82, 2.24) is 0 Å². The number of nitrogens with zero attached hydrogens (tertiary/aromatic N) is 3. The molecule has 0 heterocycles. The molecule has 1 aromatic rings. The summed E-state index contributed by atoms with van der Waals surface area (Å²) in [5.74, 6) is 0. The average Bonchev–Trinajstić information content (AvgIpc) is 2.39. The van der Waals surface area contributed by atoms with Gasteiger partial charge >= 0.3 is 0 Å². The molecule has 0 fully saturated rings. The number of rotatable bonds is 7. The second kappa shape index (κ2) is 6.87.